The average Bonchev–Trinajstić information content (AvgIpc) is 2.25. The highest BCUT2D eigenvalue weighted by Gasteiger charge is 2.12. The molecule has 0 bridgehead atoms. The van der Waals surface area contributed by atoms with Gasteiger partial charge in [0.2, 0.25) is 6.23 Å². The summed E-state index contributed by atoms with van der Waals surface area (Å²) in [5.74, 6) is -0.487. The zero-order valence-electron chi connectivity index (χ0n) is 9.36. The van der Waals surface area contributed by atoms with Crippen molar-refractivity contribution < 1.29 is 14.5 Å². The summed E-state index contributed by atoms with van der Waals surface area (Å²) in [4.78, 5) is 20.7. The van der Waals surface area contributed by atoms with Crippen LogP contribution in [-0.2, 0) is 9.53 Å². The van der Waals surface area contributed by atoms with E-state index in [9.17, 15) is 14.9 Å². The second-order valence-electron chi connectivity index (χ2n) is 3.17. The Morgan fingerprint density at radius 1 is 1.47 bits per heavy atom. The van der Waals surface area contributed by atoms with E-state index in [0.717, 1.165) is 0 Å². The van der Waals surface area contributed by atoms with E-state index in [1.807, 2.05) is 0 Å². The molecule has 0 fully saturated rings. The lowest BCUT2D eigenvalue weighted by atomic mass is 10.3. The van der Waals surface area contributed by atoms with Gasteiger partial charge in [0.1, 0.15) is 0 Å². The molecule has 0 heterocycles. The number of hydrogen-bond acceptors (Lipinski definition) is 6. The van der Waals surface area contributed by atoms with Crippen molar-refractivity contribution >= 4 is 17.3 Å². The Kier molecular flexibility index (Phi) is 4.27. The minimum Gasteiger partial charge on any atom is -0.439 e. The topological polar surface area (TPSA) is 94.2 Å². The SMILES string of the molecule is CC(=O)OC(C)N=Nc1ccccc1[N+](=O)[O-]. The molecule has 1 unspecified atom stereocenters. The van der Waals surface area contributed by atoms with Crippen molar-refractivity contribution in [1.82, 2.24) is 0 Å². The van der Waals surface area contributed by atoms with Gasteiger partial charge in [-0.15, -0.1) is 10.2 Å². The van der Waals surface area contributed by atoms with Crippen molar-refractivity contribution in [2.75, 3.05) is 0 Å². The predicted molar refractivity (Wildman–Crippen MR) is 58.8 cm³/mol. The highest BCUT2D eigenvalue weighted by Crippen LogP contribution is 2.26. The number of para-hydroxylation sites is 1. The van der Waals surface area contributed by atoms with Crippen LogP contribution in [0.2, 0.25) is 0 Å². The number of carbonyl (C=O) groups is 1. The van der Waals surface area contributed by atoms with Gasteiger partial charge in [0.15, 0.2) is 5.69 Å². The van der Waals surface area contributed by atoms with Gasteiger partial charge in [-0.3, -0.25) is 14.9 Å². The first kappa shape index (κ1) is 12.8. The summed E-state index contributed by atoms with van der Waals surface area (Å²) in [5.41, 5.74) is -0.0252. The first-order valence-electron chi connectivity index (χ1n) is 4.82. The summed E-state index contributed by atoms with van der Waals surface area (Å²) in [6, 6.07) is 5.93. The molecule has 0 aromatic heterocycles. The van der Waals surface area contributed by atoms with Gasteiger partial charge >= 0.3 is 5.97 Å². The summed E-state index contributed by atoms with van der Waals surface area (Å²) >= 11 is 0. The number of benzene rings is 1. The molecule has 90 valence electrons. The van der Waals surface area contributed by atoms with Crippen LogP contribution >= 0.6 is 0 Å². The van der Waals surface area contributed by atoms with Gasteiger partial charge in [-0.2, -0.15) is 0 Å². The maximum absolute atomic E-state index is 10.7. The molecule has 0 saturated carbocycles. The molecule has 0 aliphatic carbocycles. The van der Waals surface area contributed by atoms with Crippen molar-refractivity contribution in [2.45, 2.75) is 20.1 Å². The van der Waals surface area contributed by atoms with Crippen LogP contribution in [-0.4, -0.2) is 17.1 Å². The third-order valence-corrected chi connectivity index (χ3v) is 1.74. The monoisotopic (exact) mass is 237 g/mol. The molecular weight excluding hydrogens is 226 g/mol. The second kappa shape index (κ2) is 5.69. The van der Waals surface area contributed by atoms with E-state index in [2.05, 4.69) is 10.2 Å². The van der Waals surface area contributed by atoms with Crippen molar-refractivity contribution in [3.63, 3.8) is 0 Å². The maximum atomic E-state index is 10.7. The van der Waals surface area contributed by atoms with Gasteiger partial charge in [0.05, 0.1) is 4.92 Å². The maximum Gasteiger partial charge on any atom is 0.304 e. The van der Waals surface area contributed by atoms with Crippen LogP contribution in [0.5, 0.6) is 0 Å². The minimum absolute atomic E-state index is 0.122. The van der Waals surface area contributed by atoms with Crippen molar-refractivity contribution in [3.8, 4) is 0 Å². The summed E-state index contributed by atoms with van der Waals surface area (Å²) < 4.78 is 4.70. The van der Waals surface area contributed by atoms with Crippen molar-refractivity contribution in [1.29, 1.82) is 0 Å². The molecule has 1 aromatic rings. The van der Waals surface area contributed by atoms with Gasteiger partial charge in [0.25, 0.3) is 5.69 Å². The molecular formula is C10H11N3O4. The number of nitro groups is 1. The number of esters is 1. The molecule has 0 radical (unpaired) electrons. The molecule has 1 rings (SSSR count). The van der Waals surface area contributed by atoms with E-state index in [1.165, 1.54) is 32.0 Å². The van der Waals surface area contributed by atoms with E-state index >= 15 is 0 Å². The highest BCUT2D eigenvalue weighted by atomic mass is 16.6. The van der Waals surface area contributed by atoms with Crippen molar-refractivity contribution in [3.05, 3.63) is 34.4 Å². The molecule has 7 nitrogen and oxygen atoms in total. The molecule has 0 N–H and O–H groups in total. The highest BCUT2D eigenvalue weighted by molar-refractivity contribution is 5.66. The van der Waals surface area contributed by atoms with E-state index < -0.39 is 17.1 Å². The smallest absolute Gasteiger partial charge is 0.304 e. The lowest BCUT2D eigenvalue weighted by molar-refractivity contribution is -0.384. The fourth-order valence-corrected chi connectivity index (χ4v) is 1.11. The summed E-state index contributed by atoms with van der Waals surface area (Å²) in [6.07, 6.45) is -0.771. The van der Waals surface area contributed by atoms with Crippen LogP contribution in [0, 0.1) is 10.1 Å². The number of ether oxygens (including phenoxy) is 1. The van der Waals surface area contributed by atoms with E-state index in [0.29, 0.717) is 0 Å². The zero-order valence-corrected chi connectivity index (χ0v) is 9.36. The standard InChI is InChI=1S/C10H11N3O4/c1-7(17-8(2)14)11-12-9-5-3-4-6-10(9)13(15)16/h3-7H,1-2H3. The second-order valence-corrected chi connectivity index (χ2v) is 3.17. The summed E-state index contributed by atoms with van der Waals surface area (Å²) in [5, 5.41) is 18.0. The molecule has 0 aliphatic heterocycles. The van der Waals surface area contributed by atoms with Crippen molar-refractivity contribution in [2.24, 2.45) is 10.2 Å². The lowest BCUT2D eigenvalue weighted by Crippen LogP contribution is -2.08. The predicted octanol–water partition coefficient (Wildman–Crippen LogP) is 2.59. The number of nitro benzene ring substituents is 1. The first-order valence-corrected chi connectivity index (χ1v) is 4.82. The van der Waals surface area contributed by atoms with Gasteiger partial charge < -0.3 is 4.74 Å². The normalized spacial score (nSPS) is 12.4. The first-order chi connectivity index (χ1) is 8.00. The van der Waals surface area contributed by atoms with E-state index in [1.54, 1.807) is 6.07 Å². The summed E-state index contributed by atoms with van der Waals surface area (Å²) in [6.45, 7) is 2.76. The molecule has 0 spiro atoms. The Labute approximate surface area is 97.3 Å². The molecule has 0 amide bonds. The number of carbonyl (C=O) groups excluding carboxylic acids is 1. The number of hydrogen-bond donors (Lipinski definition) is 0. The third-order valence-electron chi connectivity index (χ3n) is 1.74. The number of azo groups is 1. The quantitative estimate of drug-likeness (QED) is 0.348. The molecule has 0 saturated heterocycles. The molecule has 1 atom stereocenters. The zero-order chi connectivity index (χ0) is 12.8. The largest absolute Gasteiger partial charge is 0.439 e. The lowest BCUT2D eigenvalue weighted by Gasteiger charge is -2.04. The summed E-state index contributed by atoms with van der Waals surface area (Å²) in [7, 11) is 0. The molecule has 7 heteroatoms. The third kappa shape index (κ3) is 3.98. The fraction of sp³-hybridized carbons (Fsp3) is 0.300. The van der Waals surface area contributed by atoms with Gasteiger partial charge in [-0.25, -0.2) is 0 Å². The average molecular weight is 237 g/mol. The Morgan fingerprint density at radius 2 is 2.12 bits per heavy atom. The molecule has 0 aliphatic rings. The molecule has 17 heavy (non-hydrogen) atoms. The Balaban J connectivity index is 2.84. The minimum atomic E-state index is -0.771. The number of nitrogens with zero attached hydrogens (tertiary/aromatic N) is 3. The van der Waals surface area contributed by atoms with Crippen LogP contribution in [0.3, 0.4) is 0 Å². The van der Waals surface area contributed by atoms with Crippen LogP contribution in [0.25, 0.3) is 0 Å². The van der Waals surface area contributed by atoms with Crippen LogP contribution in [0.4, 0.5) is 11.4 Å². The van der Waals surface area contributed by atoms with Gasteiger partial charge in [-0.1, -0.05) is 12.1 Å². The van der Waals surface area contributed by atoms with Crippen LogP contribution in [0.1, 0.15) is 13.8 Å². The van der Waals surface area contributed by atoms with Gasteiger partial charge in [0, 0.05) is 13.0 Å². The Bertz CT molecular complexity index is 459. The van der Waals surface area contributed by atoms with E-state index in [4.69, 9.17) is 4.74 Å². The van der Waals surface area contributed by atoms with Crippen LogP contribution in [0.15, 0.2) is 34.5 Å². The number of rotatable bonds is 4. The van der Waals surface area contributed by atoms with Gasteiger partial charge in [-0.05, 0) is 13.0 Å². The molecule has 1 aromatic carbocycles. The van der Waals surface area contributed by atoms with E-state index in [-0.39, 0.29) is 11.4 Å². The fourth-order valence-electron chi connectivity index (χ4n) is 1.11. The van der Waals surface area contributed by atoms with Crippen LogP contribution < -0.4 is 0 Å². The Morgan fingerprint density at radius 3 is 2.71 bits per heavy atom. The Hall–Kier alpha value is -2.31.